The van der Waals surface area contributed by atoms with Gasteiger partial charge in [-0.3, -0.25) is 0 Å². The van der Waals surface area contributed by atoms with Crippen LogP contribution in [0.25, 0.3) is 0 Å². The third-order valence-electron chi connectivity index (χ3n) is 4.38. The molecule has 2 N–H and O–H groups in total. The van der Waals surface area contributed by atoms with E-state index in [0.29, 0.717) is 18.2 Å². The van der Waals surface area contributed by atoms with Gasteiger partial charge in [-0.15, -0.1) is 0 Å². The smallest absolute Gasteiger partial charge is 0.123 e. The number of phenolic OH excluding ortho intramolecular Hbond substituents is 1. The van der Waals surface area contributed by atoms with Gasteiger partial charge in [0.25, 0.3) is 0 Å². The van der Waals surface area contributed by atoms with Crippen LogP contribution in [0.5, 0.6) is 5.75 Å². The highest BCUT2D eigenvalue weighted by Gasteiger charge is 2.31. The highest BCUT2D eigenvalue weighted by atomic mass is 19.1. The molecule has 0 amide bonds. The highest BCUT2D eigenvalue weighted by Crippen LogP contribution is 2.45. The van der Waals surface area contributed by atoms with Crippen LogP contribution in [0.1, 0.15) is 47.6 Å². The van der Waals surface area contributed by atoms with Crippen LogP contribution in [-0.2, 0) is 6.54 Å². The lowest BCUT2D eigenvalue weighted by Crippen LogP contribution is -2.19. The number of phenols is 1. The normalized spacial score (nSPS) is 20.5. The average Bonchev–Trinajstić information content (AvgIpc) is 2.80. The van der Waals surface area contributed by atoms with E-state index in [0.717, 1.165) is 17.5 Å². The Kier molecular flexibility index (Phi) is 3.68. The molecule has 0 fully saturated rings. The Morgan fingerprint density at radius 3 is 2.57 bits per heavy atom. The van der Waals surface area contributed by atoms with Crippen molar-refractivity contribution in [3.63, 3.8) is 0 Å². The highest BCUT2D eigenvalue weighted by molar-refractivity contribution is 5.50. The lowest BCUT2D eigenvalue weighted by Gasteiger charge is -2.16. The van der Waals surface area contributed by atoms with Crippen LogP contribution >= 0.6 is 0 Å². The zero-order valence-corrected chi connectivity index (χ0v) is 12.4. The Morgan fingerprint density at radius 1 is 1.14 bits per heavy atom. The minimum absolute atomic E-state index is 0.153. The zero-order chi connectivity index (χ0) is 15.0. The molecule has 2 aromatic rings. The number of nitrogens with one attached hydrogen (secondary N) is 1. The van der Waals surface area contributed by atoms with E-state index in [2.05, 4.69) is 19.2 Å². The first-order valence-corrected chi connectivity index (χ1v) is 7.36. The summed E-state index contributed by atoms with van der Waals surface area (Å²) < 4.78 is 12.9. The third-order valence-corrected chi connectivity index (χ3v) is 4.38. The number of aromatic hydroxyl groups is 1. The number of hydrogen-bond acceptors (Lipinski definition) is 2. The van der Waals surface area contributed by atoms with Gasteiger partial charge in [-0.25, -0.2) is 4.39 Å². The van der Waals surface area contributed by atoms with E-state index in [1.54, 1.807) is 18.2 Å². The predicted molar refractivity (Wildman–Crippen MR) is 81.9 cm³/mol. The minimum Gasteiger partial charge on any atom is -0.508 e. The first kappa shape index (κ1) is 14.1. The summed E-state index contributed by atoms with van der Waals surface area (Å²) in [4.78, 5) is 0. The molecule has 0 aliphatic heterocycles. The molecule has 0 bridgehead atoms. The van der Waals surface area contributed by atoms with Crippen molar-refractivity contribution in [2.24, 2.45) is 0 Å². The second kappa shape index (κ2) is 5.49. The molecule has 0 heterocycles. The molecule has 0 radical (unpaired) electrons. The Balaban J connectivity index is 1.80. The molecule has 0 saturated heterocycles. The van der Waals surface area contributed by atoms with Crippen LogP contribution in [-0.4, -0.2) is 5.11 Å². The van der Waals surface area contributed by atoms with Gasteiger partial charge in [0.15, 0.2) is 0 Å². The molecule has 3 heteroatoms. The maximum atomic E-state index is 12.9. The number of hydrogen-bond donors (Lipinski definition) is 2. The van der Waals surface area contributed by atoms with Crippen molar-refractivity contribution < 1.29 is 9.50 Å². The molecule has 110 valence electrons. The van der Waals surface area contributed by atoms with Gasteiger partial charge in [0.05, 0.1) is 0 Å². The first-order valence-electron chi connectivity index (χ1n) is 7.36. The number of fused-ring (bicyclic) bond motifs is 1. The van der Waals surface area contributed by atoms with Gasteiger partial charge in [-0.1, -0.05) is 25.1 Å². The number of halogens is 1. The molecule has 2 aromatic carbocycles. The van der Waals surface area contributed by atoms with Crippen LogP contribution in [0.3, 0.4) is 0 Å². The predicted octanol–water partition coefficient (Wildman–Crippen LogP) is 4.18. The van der Waals surface area contributed by atoms with E-state index in [4.69, 9.17) is 0 Å². The lowest BCUT2D eigenvalue weighted by molar-refractivity contribution is 0.445. The number of rotatable bonds is 3. The lowest BCUT2D eigenvalue weighted by atomic mass is 9.97. The Morgan fingerprint density at radius 2 is 1.86 bits per heavy atom. The molecular formula is C18H20FNO. The molecule has 2 unspecified atom stereocenters. The minimum atomic E-state index is -0.216. The van der Waals surface area contributed by atoms with Crippen molar-refractivity contribution in [3.05, 3.63) is 64.5 Å². The number of benzene rings is 2. The van der Waals surface area contributed by atoms with Gasteiger partial charge in [-0.2, -0.15) is 0 Å². The van der Waals surface area contributed by atoms with Gasteiger partial charge in [0, 0.05) is 18.2 Å². The van der Waals surface area contributed by atoms with E-state index in [-0.39, 0.29) is 11.9 Å². The van der Waals surface area contributed by atoms with Crippen molar-refractivity contribution in [1.82, 2.24) is 5.32 Å². The molecule has 21 heavy (non-hydrogen) atoms. The fraction of sp³-hybridized carbons (Fsp3) is 0.333. The molecule has 1 aliphatic carbocycles. The van der Waals surface area contributed by atoms with Crippen molar-refractivity contribution in [2.45, 2.75) is 38.8 Å². The summed E-state index contributed by atoms with van der Waals surface area (Å²) in [5.74, 6) is 0.598. The maximum absolute atomic E-state index is 12.9. The van der Waals surface area contributed by atoms with Crippen LogP contribution < -0.4 is 5.32 Å². The van der Waals surface area contributed by atoms with Gasteiger partial charge in [0.1, 0.15) is 11.6 Å². The van der Waals surface area contributed by atoms with E-state index < -0.39 is 0 Å². The average molecular weight is 285 g/mol. The molecule has 0 aromatic heterocycles. The van der Waals surface area contributed by atoms with E-state index in [1.165, 1.54) is 23.3 Å². The van der Waals surface area contributed by atoms with Gasteiger partial charge in [-0.05, 0) is 54.2 Å². The fourth-order valence-corrected chi connectivity index (χ4v) is 3.37. The van der Waals surface area contributed by atoms with Gasteiger partial charge in [0.2, 0.25) is 0 Å². The van der Waals surface area contributed by atoms with E-state index >= 15 is 0 Å². The van der Waals surface area contributed by atoms with Crippen LogP contribution in [0, 0.1) is 12.7 Å². The Labute approximate surface area is 124 Å². The molecule has 3 rings (SSSR count). The molecule has 2 nitrogen and oxygen atoms in total. The number of aryl methyl sites for hydroxylation is 1. The molecule has 2 atom stereocenters. The fourth-order valence-electron chi connectivity index (χ4n) is 3.37. The summed E-state index contributed by atoms with van der Waals surface area (Å²) >= 11 is 0. The molecule has 1 aliphatic rings. The Bertz CT molecular complexity index is 651. The molecule has 0 spiro atoms. The standard InChI is InChI=1S/C18H20FNO/c1-11-3-8-16(21)18-15(9-12(2)17(11)18)20-10-13-4-6-14(19)7-5-13/h3-8,12,15,20-21H,9-10H2,1-2H3. The van der Waals surface area contributed by atoms with Crippen LogP contribution in [0.2, 0.25) is 0 Å². The summed E-state index contributed by atoms with van der Waals surface area (Å²) in [5, 5.41) is 13.7. The van der Waals surface area contributed by atoms with Gasteiger partial charge >= 0.3 is 0 Å². The van der Waals surface area contributed by atoms with Crippen LogP contribution in [0.4, 0.5) is 4.39 Å². The summed E-state index contributed by atoms with van der Waals surface area (Å²) in [6.07, 6.45) is 0.981. The van der Waals surface area contributed by atoms with Crippen LogP contribution in [0.15, 0.2) is 36.4 Å². The summed E-state index contributed by atoms with van der Waals surface area (Å²) in [6.45, 7) is 4.96. The van der Waals surface area contributed by atoms with Gasteiger partial charge < -0.3 is 10.4 Å². The van der Waals surface area contributed by atoms with Crippen molar-refractivity contribution in [3.8, 4) is 5.75 Å². The largest absolute Gasteiger partial charge is 0.508 e. The maximum Gasteiger partial charge on any atom is 0.123 e. The second-order valence-electron chi connectivity index (χ2n) is 5.93. The van der Waals surface area contributed by atoms with Crippen molar-refractivity contribution in [2.75, 3.05) is 0 Å². The van der Waals surface area contributed by atoms with Crippen molar-refractivity contribution in [1.29, 1.82) is 0 Å². The zero-order valence-electron chi connectivity index (χ0n) is 12.4. The summed E-state index contributed by atoms with van der Waals surface area (Å²) in [7, 11) is 0. The quantitative estimate of drug-likeness (QED) is 0.886. The van der Waals surface area contributed by atoms with E-state index in [1.807, 2.05) is 6.07 Å². The summed E-state index contributed by atoms with van der Waals surface area (Å²) in [5.41, 5.74) is 4.59. The van der Waals surface area contributed by atoms with Crippen molar-refractivity contribution >= 4 is 0 Å². The Hall–Kier alpha value is -1.87. The summed E-state index contributed by atoms with van der Waals surface area (Å²) in [6, 6.07) is 10.4. The second-order valence-corrected chi connectivity index (χ2v) is 5.93. The first-order chi connectivity index (χ1) is 10.1. The van der Waals surface area contributed by atoms with E-state index in [9.17, 15) is 9.50 Å². The monoisotopic (exact) mass is 285 g/mol. The SMILES string of the molecule is Cc1ccc(O)c2c1C(C)CC2NCc1ccc(F)cc1. The third kappa shape index (κ3) is 2.66. The molecular weight excluding hydrogens is 265 g/mol. The molecule has 0 saturated carbocycles. The topological polar surface area (TPSA) is 32.3 Å².